The number of carbonyl (C=O) groups excluding carboxylic acids is 2. The van der Waals surface area contributed by atoms with Crippen molar-refractivity contribution in [2.45, 2.75) is 59.0 Å². The van der Waals surface area contributed by atoms with Crippen LogP contribution in [0.3, 0.4) is 0 Å². The fourth-order valence-corrected chi connectivity index (χ4v) is 4.85. The molecule has 1 aliphatic heterocycles. The predicted octanol–water partition coefficient (Wildman–Crippen LogP) is 1.69. The van der Waals surface area contributed by atoms with Crippen LogP contribution >= 0.6 is 0 Å². The van der Waals surface area contributed by atoms with E-state index in [9.17, 15) is 14.4 Å². The Morgan fingerprint density at radius 3 is 2.85 bits per heavy atom. The molecule has 1 aromatic heterocycles. The lowest BCUT2D eigenvalue weighted by Gasteiger charge is -2.46. The van der Waals surface area contributed by atoms with Gasteiger partial charge < -0.3 is 15.3 Å². The molecule has 1 saturated carbocycles. The van der Waals surface area contributed by atoms with Gasteiger partial charge in [-0.15, -0.1) is 0 Å². The molecule has 8 nitrogen and oxygen atoms in total. The van der Waals surface area contributed by atoms with Gasteiger partial charge in [-0.2, -0.15) is 0 Å². The number of H-pyrrole nitrogens is 2. The number of aliphatic imine (C=N–C) groups is 1. The minimum Gasteiger partial charge on any atom is -0.335 e. The third-order valence-corrected chi connectivity index (χ3v) is 5.53. The number of isocyanates is 1. The molecule has 0 saturated heterocycles. The quantitative estimate of drug-likeness (QED) is 0.563. The number of hydrogen-bond acceptors (Lipinski definition) is 4. The van der Waals surface area contributed by atoms with Gasteiger partial charge in [-0.25, -0.2) is 14.6 Å². The van der Waals surface area contributed by atoms with Gasteiger partial charge in [0.1, 0.15) is 0 Å². The lowest BCUT2D eigenvalue weighted by Crippen LogP contribution is -2.52. The van der Waals surface area contributed by atoms with Crippen molar-refractivity contribution in [2.75, 3.05) is 13.1 Å². The van der Waals surface area contributed by atoms with Gasteiger partial charge in [0.25, 0.3) is 5.56 Å². The molecule has 0 aromatic carbocycles. The zero-order valence-electron chi connectivity index (χ0n) is 15.6. The highest BCUT2D eigenvalue weighted by Crippen LogP contribution is 2.46. The van der Waals surface area contributed by atoms with E-state index >= 15 is 0 Å². The van der Waals surface area contributed by atoms with Crippen molar-refractivity contribution in [1.29, 1.82) is 0 Å². The molecule has 3 N–H and O–H groups in total. The van der Waals surface area contributed by atoms with Gasteiger partial charge in [-0.1, -0.05) is 20.8 Å². The zero-order chi connectivity index (χ0) is 18.9. The van der Waals surface area contributed by atoms with E-state index in [0.717, 1.165) is 30.5 Å². The van der Waals surface area contributed by atoms with Crippen LogP contribution in [0.2, 0.25) is 0 Å². The lowest BCUT2D eigenvalue weighted by molar-refractivity contribution is 0.0773. The summed E-state index contributed by atoms with van der Waals surface area (Å²) in [6.45, 7) is 7.86. The lowest BCUT2D eigenvalue weighted by atomic mass is 9.62. The standard InChI is InChI=1S/C18H27N5O3/c1-17(2)6-12(7-18(3,9-17)10-19-11-24)20-16(26)23-5-4-13-14(8-23)21-22-15(13)25/h12H,4-10H2,1-3H3,(H,20,26)(H2,21,22,25). The first-order valence-electron chi connectivity index (χ1n) is 9.09. The Morgan fingerprint density at radius 1 is 1.35 bits per heavy atom. The molecule has 0 spiro atoms. The minimum absolute atomic E-state index is 0.0322. The summed E-state index contributed by atoms with van der Waals surface area (Å²) in [7, 11) is 0. The molecule has 0 bridgehead atoms. The highest BCUT2D eigenvalue weighted by molar-refractivity contribution is 5.74. The monoisotopic (exact) mass is 361 g/mol. The van der Waals surface area contributed by atoms with Crippen molar-refractivity contribution in [3.8, 4) is 0 Å². The summed E-state index contributed by atoms with van der Waals surface area (Å²) >= 11 is 0. The van der Waals surface area contributed by atoms with Gasteiger partial charge >= 0.3 is 6.03 Å². The average molecular weight is 361 g/mol. The Kier molecular flexibility index (Phi) is 4.80. The van der Waals surface area contributed by atoms with E-state index in [1.165, 1.54) is 0 Å². The van der Waals surface area contributed by atoms with Gasteiger partial charge in [0.15, 0.2) is 0 Å². The number of hydrogen-bond donors (Lipinski definition) is 3. The first-order valence-corrected chi connectivity index (χ1v) is 9.09. The second-order valence-corrected chi connectivity index (χ2v) is 8.82. The molecule has 142 valence electrons. The van der Waals surface area contributed by atoms with Crippen LogP contribution in [0.5, 0.6) is 0 Å². The maximum Gasteiger partial charge on any atom is 0.317 e. The average Bonchev–Trinajstić information content (AvgIpc) is 2.92. The van der Waals surface area contributed by atoms with Gasteiger partial charge in [0.2, 0.25) is 6.08 Å². The largest absolute Gasteiger partial charge is 0.335 e. The van der Waals surface area contributed by atoms with E-state index < -0.39 is 0 Å². The van der Waals surface area contributed by atoms with E-state index in [1.807, 2.05) is 0 Å². The number of carbonyl (C=O) groups is 1. The summed E-state index contributed by atoms with van der Waals surface area (Å²) in [6.07, 6.45) is 4.82. The topological polar surface area (TPSA) is 110 Å². The van der Waals surface area contributed by atoms with Crippen LogP contribution in [0.4, 0.5) is 4.79 Å². The van der Waals surface area contributed by atoms with E-state index in [0.29, 0.717) is 26.1 Å². The highest BCUT2D eigenvalue weighted by Gasteiger charge is 2.42. The Bertz CT molecular complexity index is 789. The minimum atomic E-state index is -0.127. The summed E-state index contributed by atoms with van der Waals surface area (Å²) in [5.74, 6) is 0. The summed E-state index contributed by atoms with van der Waals surface area (Å²) < 4.78 is 0. The summed E-state index contributed by atoms with van der Waals surface area (Å²) in [6, 6.07) is -0.0774. The van der Waals surface area contributed by atoms with Crippen molar-refractivity contribution in [1.82, 2.24) is 20.4 Å². The third kappa shape index (κ3) is 3.90. The van der Waals surface area contributed by atoms with Crippen LogP contribution in [-0.4, -0.2) is 46.3 Å². The molecule has 1 aliphatic carbocycles. The Morgan fingerprint density at radius 2 is 2.12 bits per heavy atom. The van der Waals surface area contributed by atoms with Crippen LogP contribution in [0.15, 0.2) is 9.79 Å². The number of amides is 2. The first kappa shape index (κ1) is 18.5. The number of fused-ring (bicyclic) bond motifs is 1. The molecular weight excluding hydrogens is 334 g/mol. The van der Waals surface area contributed by atoms with Crippen molar-refractivity contribution in [2.24, 2.45) is 15.8 Å². The van der Waals surface area contributed by atoms with Gasteiger partial charge in [0, 0.05) is 18.2 Å². The van der Waals surface area contributed by atoms with Crippen molar-refractivity contribution in [3.05, 3.63) is 21.6 Å². The van der Waals surface area contributed by atoms with E-state index in [-0.39, 0.29) is 28.5 Å². The molecule has 2 aliphatic rings. The summed E-state index contributed by atoms with van der Waals surface area (Å²) in [5.41, 5.74) is 1.36. The van der Waals surface area contributed by atoms with Crippen LogP contribution in [-0.2, 0) is 17.8 Å². The molecule has 26 heavy (non-hydrogen) atoms. The molecule has 2 heterocycles. The molecular formula is C18H27N5O3. The van der Waals surface area contributed by atoms with E-state index in [1.54, 1.807) is 11.0 Å². The molecule has 2 amide bonds. The van der Waals surface area contributed by atoms with Gasteiger partial charge in [-0.05, 0) is 36.5 Å². The fourth-order valence-electron chi connectivity index (χ4n) is 4.85. The highest BCUT2D eigenvalue weighted by atomic mass is 16.2. The second kappa shape index (κ2) is 6.76. The smallest absolute Gasteiger partial charge is 0.317 e. The van der Waals surface area contributed by atoms with Gasteiger partial charge in [-0.3, -0.25) is 9.89 Å². The molecule has 1 fully saturated rings. The summed E-state index contributed by atoms with van der Waals surface area (Å²) in [4.78, 5) is 40.4. The van der Waals surface area contributed by atoms with Crippen molar-refractivity contribution >= 4 is 12.1 Å². The van der Waals surface area contributed by atoms with Crippen LogP contribution in [0, 0.1) is 10.8 Å². The fraction of sp³-hybridized carbons (Fsp3) is 0.722. The number of aromatic nitrogens is 2. The van der Waals surface area contributed by atoms with Crippen LogP contribution in [0.25, 0.3) is 0 Å². The molecule has 2 atom stereocenters. The first-order chi connectivity index (χ1) is 12.2. The third-order valence-electron chi connectivity index (χ3n) is 5.53. The SMILES string of the molecule is CC1(C)CC(NC(=O)N2CCc3c([nH][nH]c3=O)C2)CC(C)(CN=C=O)C1. The Labute approximate surface area is 152 Å². The number of urea groups is 1. The van der Waals surface area contributed by atoms with Gasteiger partial charge in [0.05, 0.1) is 18.8 Å². The number of nitrogens with zero attached hydrogens (tertiary/aromatic N) is 2. The number of aromatic amines is 2. The van der Waals surface area contributed by atoms with E-state index in [4.69, 9.17) is 0 Å². The van der Waals surface area contributed by atoms with Crippen molar-refractivity contribution < 1.29 is 9.59 Å². The molecule has 1 aromatic rings. The molecule has 8 heteroatoms. The normalized spacial score (nSPS) is 27.3. The van der Waals surface area contributed by atoms with Crippen LogP contribution in [0.1, 0.15) is 51.3 Å². The molecule has 0 radical (unpaired) electrons. The number of rotatable bonds is 3. The predicted molar refractivity (Wildman–Crippen MR) is 96.6 cm³/mol. The maximum atomic E-state index is 12.7. The zero-order valence-corrected chi connectivity index (χ0v) is 15.6. The maximum absolute atomic E-state index is 12.7. The summed E-state index contributed by atoms with van der Waals surface area (Å²) in [5, 5.41) is 8.59. The van der Waals surface area contributed by atoms with E-state index in [2.05, 4.69) is 41.3 Å². The molecule has 2 unspecified atom stereocenters. The Hall–Kier alpha value is -2.34. The van der Waals surface area contributed by atoms with Crippen LogP contribution < -0.4 is 10.9 Å². The Balaban J connectivity index is 1.66. The molecule has 3 rings (SSSR count). The number of nitrogens with one attached hydrogen (secondary N) is 3. The van der Waals surface area contributed by atoms with Crippen molar-refractivity contribution in [3.63, 3.8) is 0 Å². The second-order valence-electron chi connectivity index (χ2n) is 8.82.